The number of carbonyl (C=O) groups is 1. The van der Waals surface area contributed by atoms with Gasteiger partial charge in [0.05, 0.1) is 29.5 Å². The Labute approximate surface area is 188 Å². The van der Waals surface area contributed by atoms with E-state index < -0.39 is 0 Å². The van der Waals surface area contributed by atoms with Gasteiger partial charge in [-0.3, -0.25) is 4.40 Å². The van der Waals surface area contributed by atoms with Crippen molar-refractivity contribution in [2.75, 3.05) is 23.4 Å². The summed E-state index contributed by atoms with van der Waals surface area (Å²) >= 11 is 1.69. The smallest absolute Gasteiger partial charge is 0.318 e. The molecule has 0 bridgehead atoms. The predicted octanol–water partition coefficient (Wildman–Crippen LogP) is 4.56. The third kappa shape index (κ3) is 3.69. The average Bonchev–Trinajstić information content (AvgIpc) is 3.48. The molecule has 0 spiro atoms. The summed E-state index contributed by atoms with van der Waals surface area (Å²) in [6, 6.07) is 17.2. The number of nitrogens with two attached hydrogens (primary N) is 1. The van der Waals surface area contributed by atoms with Gasteiger partial charge >= 0.3 is 6.03 Å². The highest BCUT2D eigenvalue weighted by Crippen LogP contribution is 2.30. The maximum atomic E-state index is 11.6. The molecule has 9 heteroatoms. The second-order valence-corrected chi connectivity index (χ2v) is 8.26. The fourth-order valence-corrected chi connectivity index (χ4v) is 4.22. The van der Waals surface area contributed by atoms with Crippen LogP contribution in [0, 0.1) is 0 Å². The SMILES string of the molecule is CNC(=O)Nc1ccc(-c2cnc3c(NCc4cccs4)nc4cc(N)ccc4n23)cc1. The molecule has 2 amide bonds. The lowest BCUT2D eigenvalue weighted by Crippen LogP contribution is -2.24. The number of nitrogens with one attached hydrogen (secondary N) is 3. The van der Waals surface area contributed by atoms with E-state index in [1.165, 1.54) is 4.88 Å². The second kappa shape index (κ2) is 8.20. The summed E-state index contributed by atoms with van der Waals surface area (Å²) in [5.74, 6) is 0.695. The first-order valence-corrected chi connectivity index (χ1v) is 10.9. The van der Waals surface area contributed by atoms with Crippen LogP contribution in [-0.4, -0.2) is 27.4 Å². The Balaban J connectivity index is 1.61. The highest BCUT2D eigenvalue weighted by atomic mass is 32.1. The van der Waals surface area contributed by atoms with Gasteiger partial charge in [-0.1, -0.05) is 18.2 Å². The van der Waals surface area contributed by atoms with Crippen LogP contribution in [0.3, 0.4) is 0 Å². The van der Waals surface area contributed by atoms with Gasteiger partial charge in [0, 0.05) is 28.9 Å². The number of imidazole rings is 1. The highest BCUT2D eigenvalue weighted by Gasteiger charge is 2.15. The fraction of sp³-hybridized carbons (Fsp3) is 0.0870. The summed E-state index contributed by atoms with van der Waals surface area (Å²) in [6.45, 7) is 0.663. The van der Waals surface area contributed by atoms with Crippen LogP contribution >= 0.6 is 11.3 Å². The van der Waals surface area contributed by atoms with Gasteiger partial charge in [-0.25, -0.2) is 14.8 Å². The third-order valence-corrected chi connectivity index (χ3v) is 6.00. The normalized spacial score (nSPS) is 11.0. The largest absolute Gasteiger partial charge is 0.399 e. The lowest BCUT2D eigenvalue weighted by molar-refractivity contribution is 0.254. The van der Waals surface area contributed by atoms with Crippen LogP contribution in [0.5, 0.6) is 0 Å². The monoisotopic (exact) mass is 443 g/mol. The molecule has 2 aromatic carbocycles. The summed E-state index contributed by atoms with van der Waals surface area (Å²) in [5, 5.41) is 10.8. The molecule has 0 aliphatic heterocycles. The van der Waals surface area contributed by atoms with Crippen molar-refractivity contribution < 1.29 is 4.79 Å². The molecule has 3 aromatic heterocycles. The Morgan fingerprint density at radius 2 is 2.00 bits per heavy atom. The van der Waals surface area contributed by atoms with E-state index in [-0.39, 0.29) is 6.03 Å². The zero-order valence-corrected chi connectivity index (χ0v) is 18.1. The minimum absolute atomic E-state index is 0.260. The predicted molar refractivity (Wildman–Crippen MR) is 130 cm³/mol. The van der Waals surface area contributed by atoms with Crippen molar-refractivity contribution in [1.29, 1.82) is 0 Å². The fourth-order valence-electron chi connectivity index (χ4n) is 3.58. The second-order valence-electron chi connectivity index (χ2n) is 7.23. The van der Waals surface area contributed by atoms with Crippen LogP contribution in [-0.2, 0) is 6.54 Å². The van der Waals surface area contributed by atoms with Crippen molar-refractivity contribution in [1.82, 2.24) is 19.7 Å². The Bertz CT molecular complexity index is 1410. The maximum absolute atomic E-state index is 11.6. The molecule has 3 heterocycles. The number of nitrogens with zero attached hydrogens (tertiary/aromatic N) is 3. The van der Waals surface area contributed by atoms with Gasteiger partial charge in [0.15, 0.2) is 11.5 Å². The Kier molecular flexibility index (Phi) is 5.08. The number of anilines is 3. The molecule has 0 aliphatic carbocycles. The number of hydrogen-bond donors (Lipinski definition) is 4. The van der Waals surface area contributed by atoms with E-state index >= 15 is 0 Å². The first-order chi connectivity index (χ1) is 15.6. The van der Waals surface area contributed by atoms with E-state index in [1.54, 1.807) is 18.4 Å². The first kappa shape index (κ1) is 19.8. The van der Waals surface area contributed by atoms with Gasteiger partial charge < -0.3 is 21.7 Å². The number of thiophene rings is 1. The minimum atomic E-state index is -0.260. The number of carbonyl (C=O) groups excluding carboxylic acids is 1. The number of fused-ring (bicyclic) bond motifs is 3. The van der Waals surface area contributed by atoms with Crippen LogP contribution < -0.4 is 21.7 Å². The molecular weight excluding hydrogens is 422 g/mol. The van der Waals surface area contributed by atoms with E-state index in [1.807, 2.05) is 54.7 Å². The minimum Gasteiger partial charge on any atom is -0.399 e. The van der Waals surface area contributed by atoms with E-state index in [0.717, 1.165) is 27.9 Å². The molecule has 0 unspecified atom stereocenters. The van der Waals surface area contributed by atoms with Crippen molar-refractivity contribution in [3.63, 3.8) is 0 Å². The van der Waals surface area contributed by atoms with Crippen LogP contribution in [0.4, 0.5) is 22.0 Å². The number of benzene rings is 2. The van der Waals surface area contributed by atoms with Gasteiger partial charge in [-0.15, -0.1) is 11.3 Å². The molecule has 5 aromatic rings. The summed E-state index contributed by atoms with van der Waals surface area (Å²) < 4.78 is 2.08. The van der Waals surface area contributed by atoms with Gasteiger partial charge in [0.1, 0.15) is 0 Å². The Morgan fingerprint density at radius 3 is 2.75 bits per heavy atom. The number of aromatic nitrogens is 3. The maximum Gasteiger partial charge on any atom is 0.318 e. The number of nitrogen functional groups attached to an aromatic ring is 1. The average molecular weight is 444 g/mol. The first-order valence-electron chi connectivity index (χ1n) is 10.0. The van der Waals surface area contributed by atoms with E-state index in [2.05, 4.69) is 36.8 Å². The van der Waals surface area contributed by atoms with Crippen LogP contribution in [0.15, 0.2) is 66.2 Å². The number of rotatable bonds is 5. The molecule has 0 saturated carbocycles. The van der Waals surface area contributed by atoms with Crippen LogP contribution in [0.1, 0.15) is 4.88 Å². The van der Waals surface area contributed by atoms with Crippen molar-refractivity contribution in [2.24, 2.45) is 0 Å². The molecule has 0 radical (unpaired) electrons. The van der Waals surface area contributed by atoms with E-state index in [4.69, 9.17) is 10.7 Å². The lowest BCUT2D eigenvalue weighted by atomic mass is 10.1. The Hall–Kier alpha value is -4.11. The number of hydrogen-bond acceptors (Lipinski definition) is 6. The van der Waals surface area contributed by atoms with Gasteiger partial charge in [0.2, 0.25) is 0 Å². The molecule has 5 rings (SSSR count). The molecule has 0 saturated heterocycles. The topological polar surface area (TPSA) is 109 Å². The molecule has 0 atom stereocenters. The van der Waals surface area contributed by atoms with Crippen LogP contribution in [0.2, 0.25) is 0 Å². The number of urea groups is 1. The highest BCUT2D eigenvalue weighted by molar-refractivity contribution is 7.09. The van der Waals surface area contributed by atoms with Gasteiger partial charge in [-0.2, -0.15) is 0 Å². The zero-order chi connectivity index (χ0) is 22.1. The quantitative estimate of drug-likeness (QED) is 0.298. The summed E-state index contributed by atoms with van der Waals surface area (Å²) in [5.41, 5.74) is 11.7. The van der Waals surface area contributed by atoms with E-state index in [9.17, 15) is 4.79 Å². The van der Waals surface area contributed by atoms with Gasteiger partial charge in [0.25, 0.3) is 0 Å². The summed E-state index contributed by atoms with van der Waals surface area (Å²) in [7, 11) is 1.58. The standard InChI is InChI=1S/C23H21N7OS/c1-25-23(31)28-16-7-4-14(5-8-16)20-13-27-22-21(26-12-17-3-2-10-32-17)29-18-11-15(24)6-9-19(18)30(20)22/h2-11,13H,12,24H2,1H3,(H,26,29)(H2,25,28,31). The lowest BCUT2D eigenvalue weighted by Gasteiger charge is -2.12. The molecule has 0 fully saturated rings. The molecule has 32 heavy (non-hydrogen) atoms. The van der Waals surface area contributed by atoms with E-state index in [0.29, 0.717) is 23.7 Å². The van der Waals surface area contributed by atoms with Gasteiger partial charge in [-0.05, 0) is 41.8 Å². The van der Waals surface area contributed by atoms with Crippen LogP contribution in [0.25, 0.3) is 27.9 Å². The Morgan fingerprint density at radius 1 is 1.16 bits per heavy atom. The zero-order valence-electron chi connectivity index (χ0n) is 17.3. The molecule has 8 nitrogen and oxygen atoms in total. The summed E-state index contributed by atoms with van der Waals surface area (Å²) in [6.07, 6.45) is 1.84. The molecule has 160 valence electrons. The van der Waals surface area contributed by atoms with Crippen molar-refractivity contribution in [2.45, 2.75) is 6.54 Å². The summed E-state index contributed by atoms with van der Waals surface area (Å²) in [4.78, 5) is 22.3. The van der Waals surface area contributed by atoms with Crippen molar-refractivity contribution >= 4 is 51.2 Å². The molecule has 0 aliphatic rings. The third-order valence-electron chi connectivity index (χ3n) is 5.12. The number of amides is 2. The molecular formula is C23H21N7OS. The molecule has 5 N–H and O–H groups in total. The van der Waals surface area contributed by atoms with Crippen molar-refractivity contribution in [3.05, 3.63) is 71.1 Å². The van der Waals surface area contributed by atoms with Crippen molar-refractivity contribution in [3.8, 4) is 11.3 Å².